The lowest BCUT2D eigenvalue weighted by Gasteiger charge is -2.26. The summed E-state index contributed by atoms with van der Waals surface area (Å²) in [5.41, 5.74) is -0.609. The summed E-state index contributed by atoms with van der Waals surface area (Å²) in [5.74, 6) is 0.701. The molecule has 1 aliphatic heterocycles. The first-order valence-corrected chi connectivity index (χ1v) is 9.98. The third-order valence-electron chi connectivity index (χ3n) is 4.33. The Hall–Kier alpha value is -1.27. The average molecular weight is 544 g/mol. The standard InChI is InChI=1S/C20H31F3N4O2.HI/c1-4-24-19(25-7-8-27-9-11-28-12-10-27)26-14-16-5-6-17(29-15(2)3)13-18(16)20(21,22)23;/h5-6,13,15H,4,7-12,14H2,1-3H3,(H2,24,25,26);1H. The molecule has 172 valence electrons. The molecule has 6 nitrogen and oxygen atoms in total. The molecule has 2 N–H and O–H groups in total. The Balaban J connectivity index is 0.00000450. The van der Waals surface area contributed by atoms with E-state index in [1.54, 1.807) is 19.9 Å². The number of nitrogens with one attached hydrogen (secondary N) is 2. The van der Waals surface area contributed by atoms with E-state index < -0.39 is 11.7 Å². The number of benzene rings is 1. The molecule has 1 aromatic carbocycles. The highest BCUT2D eigenvalue weighted by Gasteiger charge is 2.33. The predicted octanol–water partition coefficient (Wildman–Crippen LogP) is 3.50. The summed E-state index contributed by atoms with van der Waals surface area (Å²) < 4.78 is 51.2. The number of halogens is 4. The van der Waals surface area contributed by atoms with Gasteiger partial charge in [0.15, 0.2) is 5.96 Å². The number of ether oxygens (including phenoxy) is 2. The van der Waals surface area contributed by atoms with Gasteiger partial charge >= 0.3 is 6.18 Å². The van der Waals surface area contributed by atoms with Crippen LogP contribution in [-0.2, 0) is 17.5 Å². The Kier molecular flexibility index (Phi) is 11.8. The van der Waals surface area contributed by atoms with Crippen LogP contribution in [0.25, 0.3) is 0 Å². The number of guanidine groups is 1. The quantitative estimate of drug-likeness (QED) is 0.298. The van der Waals surface area contributed by atoms with Gasteiger partial charge in [0.25, 0.3) is 0 Å². The first-order chi connectivity index (χ1) is 13.8. The molecule has 2 rings (SSSR count). The van der Waals surface area contributed by atoms with Crippen molar-refractivity contribution >= 4 is 29.9 Å². The van der Waals surface area contributed by atoms with Crippen LogP contribution in [0.3, 0.4) is 0 Å². The van der Waals surface area contributed by atoms with Crippen molar-refractivity contribution in [3.8, 4) is 5.75 Å². The number of morpholine rings is 1. The third kappa shape index (κ3) is 9.25. The normalized spacial score (nSPS) is 15.6. The van der Waals surface area contributed by atoms with Gasteiger partial charge in [-0.3, -0.25) is 4.90 Å². The number of aliphatic imine (C=N–C) groups is 1. The molecule has 0 bridgehead atoms. The van der Waals surface area contributed by atoms with Crippen molar-refractivity contribution in [2.45, 2.75) is 39.6 Å². The van der Waals surface area contributed by atoms with E-state index in [4.69, 9.17) is 9.47 Å². The second kappa shape index (κ2) is 13.2. The number of rotatable bonds is 8. The van der Waals surface area contributed by atoms with Gasteiger partial charge in [-0.25, -0.2) is 4.99 Å². The molecule has 0 unspecified atom stereocenters. The smallest absolute Gasteiger partial charge is 0.416 e. The van der Waals surface area contributed by atoms with Crippen LogP contribution in [0.5, 0.6) is 5.75 Å². The Morgan fingerprint density at radius 2 is 1.93 bits per heavy atom. The van der Waals surface area contributed by atoms with Crippen LogP contribution in [0.4, 0.5) is 13.2 Å². The van der Waals surface area contributed by atoms with Gasteiger partial charge in [0.1, 0.15) is 5.75 Å². The first-order valence-electron chi connectivity index (χ1n) is 9.98. The van der Waals surface area contributed by atoms with Crippen molar-refractivity contribution in [3.63, 3.8) is 0 Å². The Labute approximate surface area is 193 Å². The summed E-state index contributed by atoms with van der Waals surface area (Å²) >= 11 is 0. The van der Waals surface area contributed by atoms with E-state index >= 15 is 0 Å². The van der Waals surface area contributed by atoms with E-state index in [2.05, 4.69) is 20.5 Å². The molecule has 1 aliphatic rings. The van der Waals surface area contributed by atoms with Crippen LogP contribution in [0, 0.1) is 0 Å². The fourth-order valence-corrected chi connectivity index (χ4v) is 2.97. The van der Waals surface area contributed by atoms with Gasteiger partial charge in [-0.05, 0) is 38.5 Å². The van der Waals surface area contributed by atoms with Crippen LogP contribution < -0.4 is 15.4 Å². The molecular formula is C20H32F3IN4O2. The van der Waals surface area contributed by atoms with E-state index in [0.29, 0.717) is 19.0 Å². The minimum absolute atomic E-state index is 0. The lowest BCUT2D eigenvalue weighted by atomic mass is 10.1. The summed E-state index contributed by atoms with van der Waals surface area (Å²) in [6, 6.07) is 4.03. The Morgan fingerprint density at radius 3 is 2.53 bits per heavy atom. The van der Waals surface area contributed by atoms with Gasteiger partial charge in [-0.1, -0.05) is 6.07 Å². The van der Waals surface area contributed by atoms with Gasteiger partial charge in [0, 0.05) is 32.7 Å². The molecule has 0 atom stereocenters. The zero-order valence-corrected chi connectivity index (χ0v) is 20.0. The number of alkyl halides is 3. The summed E-state index contributed by atoms with van der Waals surface area (Å²) in [7, 11) is 0. The molecule has 30 heavy (non-hydrogen) atoms. The van der Waals surface area contributed by atoms with E-state index in [1.165, 1.54) is 6.07 Å². The fourth-order valence-electron chi connectivity index (χ4n) is 2.97. The zero-order chi connectivity index (χ0) is 21.3. The maximum absolute atomic E-state index is 13.5. The molecule has 10 heteroatoms. The van der Waals surface area contributed by atoms with Crippen LogP contribution >= 0.6 is 24.0 Å². The maximum atomic E-state index is 13.5. The second-order valence-corrected chi connectivity index (χ2v) is 7.06. The van der Waals surface area contributed by atoms with Gasteiger partial charge < -0.3 is 20.1 Å². The molecule has 1 fully saturated rings. The number of nitrogens with zero attached hydrogens (tertiary/aromatic N) is 2. The van der Waals surface area contributed by atoms with Gasteiger partial charge in [0.2, 0.25) is 0 Å². The van der Waals surface area contributed by atoms with Crippen molar-refractivity contribution in [2.24, 2.45) is 4.99 Å². The fraction of sp³-hybridized carbons (Fsp3) is 0.650. The zero-order valence-electron chi connectivity index (χ0n) is 17.7. The summed E-state index contributed by atoms with van der Waals surface area (Å²) in [6.07, 6.45) is -4.67. The van der Waals surface area contributed by atoms with Crippen molar-refractivity contribution in [1.29, 1.82) is 0 Å². The Bertz CT molecular complexity index is 666. The van der Waals surface area contributed by atoms with Crippen molar-refractivity contribution in [2.75, 3.05) is 45.9 Å². The van der Waals surface area contributed by atoms with E-state index in [0.717, 1.165) is 38.9 Å². The average Bonchev–Trinajstić information content (AvgIpc) is 2.66. The minimum Gasteiger partial charge on any atom is -0.491 e. The van der Waals surface area contributed by atoms with Crippen LogP contribution in [-0.4, -0.2) is 62.9 Å². The first kappa shape index (κ1) is 26.8. The molecular weight excluding hydrogens is 512 g/mol. The molecule has 0 radical (unpaired) electrons. The van der Waals surface area contributed by atoms with Crippen LogP contribution in [0.15, 0.2) is 23.2 Å². The molecule has 1 aromatic rings. The monoisotopic (exact) mass is 544 g/mol. The molecule has 0 spiro atoms. The molecule has 1 saturated heterocycles. The lowest BCUT2D eigenvalue weighted by Crippen LogP contribution is -2.44. The van der Waals surface area contributed by atoms with Gasteiger partial charge in [-0.15, -0.1) is 24.0 Å². The summed E-state index contributed by atoms with van der Waals surface area (Å²) in [6.45, 7) is 10.7. The number of hydrogen-bond donors (Lipinski definition) is 2. The third-order valence-corrected chi connectivity index (χ3v) is 4.33. The molecule has 0 aliphatic carbocycles. The predicted molar refractivity (Wildman–Crippen MR) is 123 cm³/mol. The molecule has 0 aromatic heterocycles. The maximum Gasteiger partial charge on any atom is 0.416 e. The number of hydrogen-bond acceptors (Lipinski definition) is 4. The van der Waals surface area contributed by atoms with Crippen LogP contribution in [0.2, 0.25) is 0 Å². The van der Waals surface area contributed by atoms with Crippen molar-refractivity contribution in [3.05, 3.63) is 29.3 Å². The van der Waals surface area contributed by atoms with Gasteiger partial charge in [-0.2, -0.15) is 13.2 Å². The minimum atomic E-state index is -4.47. The molecule has 0 saturated carbocycles. The second-order valence-electron chi connectivity index (χ2n) is 7.06. The highest BCUT2D eigenvalue weighted by atomic mass is 127. The largest absolute Gasteiger partial charge is 0.491 e. The SMILES string of the molecule is CCNC(=NCc1ccc(OC(C)C)cc1C(F)(F)F)NCCN1CCOCC1.I. The van der Waals surface area contributed by atoms with Crippen molar-refractivity contribution in [1.82, 2.24) is 15.5 Å². The van der Waals surface area contributed by atoms with E-state index in [9.17, 15) is 13.2 Å². The lowest BCUT2D eigenvalue weighted by molar-refractivity contribution is -0.138. The van der Waals surface area contributed by atoms with Gasteiger partial charge in [0.05, 0.1) is 31.4 Å². The van der Waals surface area contributed by atoms with E-state index in [-0.39, 0.29) is 47.9 Å². The molecule has 1 heterocycles. The van der Waals surface area contributed by atoms with E-state index in [1.807, 2.05) is 6.92 Å². The van der Waals surface area contributed by atoms with Crippen LogP contribution in [0.1, 0.15) is 31.9 Å². The Morgan fingerprint density at radius 1 is 1.23 bits per heavy atom. The summed E-state index contributed by atoms with van der Waals surface area (Å²) in [5, 5.41) is 6.26. The topological polar surface area (TPSA) is 58.1 Å². The highest BCUT2D eigenvalue weighted by Crippen LogP contribution is 2.35. The van der Waals surface area contributed by atoms with Crippen molar-refractivity contribution < 1.29 is 22.6 Å². The highest BCUT2D eigenvalue weighted by molar-refractivity contribution is 14.0. The molecule has 0 amide bonds. The summed E-state index contributed by atoms with van der Waals surface area (Å²) in [4.78, 5) is 6.61.